The fourth-order valence-corrected chi connectivity index (χ4v) is 3.87. The van der Waals surface area contributed by atoms with E-state index in [1.165, 1.54) is 70.6 Å². The van der Waals surface area contributed by atoms with E-state index in [-0.39, 0.29) is 25.2 Å². The van der Waals surface area contributed by atoms with Crippen LogP contribution in [0.3, 0.4) is 0 Å². The highest BCUT2D eigenvalue weighted by Gasteiger charge is 2.04. The molecule has 8 nitrogen and oxygen atoms in total. The molecule has 0 saturated carbocycles. The molecule has 0 amide bonds. The molecule has 8 heteroatoms. The van der Waals surface area contributed by atoms with Crippen molar-refractivity contribution < 1.29 is 38.4 Å². The number of rotatable bonds is 29. The molecule has 0 spiro atoms. The largest absolute Gasteiger partial charge is 0.481 e. The molecule has 0 unspecified atom stereocenters. The minimum atomic E-state index is -0.663. The lowest BCUT2D eigenvalue weighted by Crippen LogP contribution is -2.15. The van der Waals surface area contributed by atoms with Crippen molar-refractivity contribution in [2.75, 3.05) is 39.6 Å². The van der Waals surface area contributed by atoms with Gasteiger partial charge in [0.15, 0.2) is 0 Å². The van der Waals surface area contributed by atoms with Crippen LogP contribution in [0, 0.1) is 0 Å². The van der Waals surface area contributed by atoms with Gasteiger partial charge in [-0.05, 0) is 19.3 Å². The summed E-state index contributed by atoms with van der Waals surface area (Å²) in [5.74, 6) is -0.962. The summed E-state index contributed by atoms with van der Waals surface area (Å²) in [6, 6.07) is 0. The van der Waals surface area contributed by atoms with Crippen molar-refractivity contribution in [1.29, 1.82) is 0 Å². The first kappa shape index (κ1) is 40.5. The summed E-state index contributed by atoms with van der Waals surface area (Å²) in [5.41, 5.74) is 0. The Hall–Kier alpha value is -1.67. The molecule has 40 heavy (non-hydrogen) atoms. The number of aliphatic carboxylic acids is 1. The maximum Gasteiger partial charge on any atom is 0.305 e. The van der Waals surface area contributed by atoms with Crippen molar-refractivity contribution in [2.24, 2.45) is 0 Å². The molecule has 0 saturated heterocycles. The Labute approximate surface area is 245 Å². The van der Waals surface area contributed by atoms with Crippen LogP contribution < -0.4 is 0 Å². The number of carbonyl (C=O) groups is 3. The van der Waals surface area contributed by atoms with Crippen LogP contribution in [0.1, 0.15) is 149 Å². The Kier molecular flexibility index (Phi) is 35.8. The molecular formula is C32H62O8. The third kappa shape index (κ3) is 38.5. The molecule has 0 aromatic carbocycles. The van der Waals surface area contributed by atoms with Crippen LogP contribution in [0.15, 0.2) is 0 Å². The van der Waals surface area contributed by atoms with Gasteiger partial charge in [-0.15, -0.1) is 0 Å². The van der Waals surface area contributed by atoms with E-state index in [0.29, 0.717) is 45.7 Å². The number of hydrogen-bond donors (Lipinski definition) is 1. The fraction of sp³-hybridized carbons (Fsp3) is 0.906. The number of hydrogen-bond acceptors (Lipinski definition) is 7. The maximum atomic E-state index is 11.5. The van der Waals surface area contributed by atoms with Crippen LogP contribution in [-0.4, -0.2) is 62.7 Å². The first-order valence-electron chi connectivity index (χ1n) is 16.2. The van der Waals surface area contributed by atoms with Crippen molar-refractivity contribution in [1.82, 2.24) is 0 Å². The Morgan fingerprint density at radius 2 is 0.725 bits per heavy atom. The zero-order valence-electron chi connectivity index (χ0n) is 26.2. The molecule has 0 fully saturated rings. The number of carbonyl (C=O) groups excluding carboxylic acids is 2. The Balaban J connectivity index is 0. The van der Waals surface area contributed by atoms with E-state index >= 15 is 0 Å². The van der Waals surface area contributed by atoms with Crippen LogP contribution in [0.25, 0.3) is 0 Å². The lowest BCUT2D eigenvalue weighted by atomic mass is 10.1. The zero-order chi connectivity index (χ0) is 29.9. The van der Waals surface area contributed by atoms with Crippen molar-refractivity contribution in [3.8, 4) is 0 Å². The first-order chi connectivity index (χ1) is 19.5. The highest BCUT2D eigenvalue weighted by molar-refractivity contribution is 5.69. The van der Waals surface area contributed by atoms with Crippen LogP contribution >= 0.6 is 0 Å². The predicted molar refractivity (Wildman–Crippen MR) is 161 cm³/mol. The molecule has 0 aromatic rings. The Morgan fingerprint density at radius 1 is 0.425 bits per heavy atom. The molecule has 0 bridgehead atoms. The van der Waals surface area contributed by atoms with Gasteiger partial charge < -0.3 is 24.1 Å². The van der Waals surface area contributed by atoms with Gasteiger partial charge in [0.05, 0.1) is 26.4 Å². The Bertz CT molecular complexity index is 519. The number of ether oxygens (including phenoxy) is 4. The molecule has 0 radical (unpaired) electrons. The number of esters is 2. The molecule has 0 atom stereocenters. The van der Waals surface area contributed by atoms with Gasteiger partial charge in [0, 0.05) is 19.3 Å². The lowest BCUT2D eigenvalue weighted by Gasteiger charge is -2.08. The maximum absolute atomic E-state index is 11.5. The van der Waals surface area contributed by atoms with Gasteiger partial charge in [-0.1, -0.05) is 111 Å². The van der Waals surface area contributed by atoms with E-state index in [1.54, 1.807) is 0 Å². The van der Waals surface area contributed by atoms with E-state index in [0.717, 1.165) is 38.5 Å². The quantitative estimate of drug-likeness (QED) is 0.0706. The molecule has 0 aromatic heterocycles. The van der Waals surface area contributed by atoms with Gasteiger partial charge in [-0.3, -0.25) is 14.4 Å². The number of unbranched alkanes of at least 4 members (excludes halogenated alkanes) is 14. The van der Waals surface area contributed by atoms with Gasteiger partial charge in [-0.2, -0.15) is 0 Å². The third-order valence-electron chi connectivity index (χ3n) is 6.32. The summed E-state index contributed by atoms with van der Waals surface area (Å²) in [6.45, 7) is 8.71. The van der Waals surface area contributed by atoms with Crippen molar-refractivity contribution in [3.63, 3.8) is 0 Å². The van der Waals surface area contributed by atoms with Crippen molar-refractivity contribution in [3.05, 3.63) is 0 Å². The molecule has 0 heterocycles. The normalized spacial score (nSPS) is 10.6. The fourth-order valence-electron chi connectivity index (χ4n) is 3.87. The van der Waals surface area contributed by atoms with Crippen LogP contribution in [-0.2, 0) is 33.3 Å². The van der Waals surface area contributed by atoms with E-state index in [2.05, 4.69) is 20.8 Å². The van der Waals surface area contributed by atoms with Crippen molar-refractivity contribution in [2.45, 2.75) is 149 Å². The predicted octanol–water partition coefficient (Wildman–Crippen LogP) is 8.04. The van der Waals surface area contributed by atoms with E-state index in [9.17, 15) is 14.4 Å². The molecule has 0 aliphatic heterocycles. The van der Waals surface area contributed by atoms with Gasteiger partial charge in [0.25, 0.3) is 0 Å². The molecule has 0 aliphatic rings. The zero-order valence-corrected chi connectivity index (χ0v) is 26.2. The minimum absolute atomic E-state index is 0.150. The van der Waals surface area contributed by atoms with Gasteiger partial charge in [-0.25, -0.2) is 0 Å². The second kappa shape index (κ2) is 35.4. The van der Waals surface area contributed by atoms with E-state index in [1.807, 2.05) is 0 Å². The third-order valence-corrected chi connectivity index (χ3v) is 6.32. The van der Waals surface area contributed by atoms with Gasteiger partial charge >= 0.3 is 17.9 Å². The monoisotopic (exact) mass is 574 g/mol. The molecular weight excluding hydrogens is 512 g/mol. The summed E-state index contributed by atoms with van der Waals surface area (Å²) < 4.78 is 20.9. The molecule has 238 valence electrons. The second-order valence-electron chi connectivity index (χ2n) is 10.3. The summed E-state index contributed by atoms with van der Waals surface area (Å²) >= 11 is 0. The van der Waals surface area contributed by atoms with Crippen molar-refractivity contribution >= 4 is 17.9 Å². The molecule has 0 aliphatic carbocycles. The average molecular weight is 575 g/mol. The van der Waals surface area contributed by atoms with Crippen LogP contribution in [0.4, 0.5) is 0 Å². The summed E-state index contributed by atoms with van der Waals surface area (Å²) in [7, 11) is 0. The minimum Gasteiger partial charge on any atom is -0.481 e. The topological polar surface area (TPSA) is 108 Å². The second-order valence-corrected chi connectivity index (χ2v) is 10.3. The average Bonchev–Trinajstić information content (AvgIpc) is 2.93. The Morgan fingerprint density at radius 3 is 1.07 bits per heavy atom. The SMILES string of the molecule is CCCCCCCC(=O)OCCOCCOCCOC(=O)CCCCCCC.CCCCCCCCCC(=O)O. The molecule has 1 N–H and O–H groups in total. The number of carboxylic acids is 1. The first-order valence-corrected chi connectivity index (χ1v) is 16.2. The summed E-state index contributed by atoms with van der Waals surface area (Å²) in [6.07, 6.45) is 20.8. The summed E-state index contributed by atoms with van der Waals surface area (Å²) in [4.78, 5) is 33.1. The molecule has 0 rings (SSSR count). The van der Waals surface area contributed by atoms with Crippen LogP contribution in [0.5, 0.6) is 0 Å². The van der Waals surface area contributed by atoms with Gasteiger partial charge in [0.2, 0.25) is 0 Å². The highest BCUT2D eigenvalue weighted by Crippen LogP contribution is 2.08. The summed E-state index contributed by atoms with van der Waals surface area (Å²) in [5, 5.41) is 8.35. The van der Waals surface area contributed by atoms with Crippen LogP contribution in [0.2, 0.25) is 0 Å². The van der Waals surface area contributed by atoms with Gasteiger partial charge in [0.1, 0.15) is 13.2 Å². The van der Waals surface area contributed by atoms with E-state index in [4.69, 9.17) is 24.1 Å². The highest BCUT2D eigenvalue weighted by atomic mass is 16.6. The standard InChI is InChI=1S/C22H42O6.C10H20O2/c1-3-5-7-9-11-13-21(23)27-19-17-25-15-16-26-18-20-28-22(24)14-12-10-8-6-4-2;1-2-3-4-5-6-7-8-9-10(11)12/h3-20H2,1-2H3;2-9H2,1H3,(H,11,12). The van der Waals surface area contributed by atoms with E-state index < -0.39 is 5.97 Å². The smallest absolute Gasteiger partial charge is 0.305 e. The number of carboxylic acid groups (broad SMARTS) is 1. The lowest BCUT2D eigenvalue weighted by molar-refractivity contribution is -0.147.